The van der Waals surface area contributed by atoms with Crippen LogP contribution in [0.4, 0.5) is 0 Å². The number of hydrogen-bond acceptors (Lipinski definition) is 3. The molecule has 1 fully saturated rings. The smallest absolute Gasteiger partial charge is 0.237 e. The minimum atomic E-state index is -0.486. The lowest BCUT2D eigenvalue weighted by molar-refractivity contribution is -0.123. The molecule has 1 aromatic carbocycles. The molecule has 2 atom stereocenters. The molecule has 1 saturated heterocycles. The van der Waals surface area contributed by atoms with Crippen LogP contribution < -0.4 is 11.1 Å². The SMILES string of the molecule is CC(NC(=O)C(N)Cc1ccccc1)C1CCOCC1. The van der Waals surface area contributed by atoms with Gasteiger partial charge in [-0.2, -0.15) is 0 Å². The van der Waals surface area contributed by atoms with Crippen molar-refractivity contribution in [2.45, 2.75) is 38.3 Å². The molecule has 0 spiro atoms. The molecule has 4 heteroatoms. The predicted octanol–water partition coefficient (Wildman–Crippen LogP) is 1.49. The fourth-order valence-electron chi connectivity index (χ4n) is 2.63. The van der Waals surface area contributed by atoms with Crippen molar-refractivity contribution in [3.8, 4) is 0 Å². The van der Waals surface area contributed by atoms with Crippen molar-refractivity contribution in [2.75, 3.05) is 13.2 Å². The Morgan fingerprint density at radius 1 is 1.35 bits per heavy atom. The van der Waals surface area contributed by atoms with Gasteiger partial charge in [0.15, 0.2) is 0 Å². The first-order valence-corrected chi connectivity index (χ1v) is 7.34. The zero-order valence-corrected chi connectivity index (χ0v) is 12.0. The summed E-state index contributed by atoms with van der Waals surface area (Å²) in [5.41, 5.74) is 7.08. The van der Waals surface area contributed by atoms with Gasteiger partial charge >= 0.3 is 0 Å². The number of ether oxygens (including phenoxy) is 1. The van der Waals surface area contributed by atoms with Crippen LogP contribution in [0.1, 0.15) is 25.3 Å². The highest BCUT2D eigenvalue weighted by atomic mass is 16.5. The van der Waals surface area contributed by atoms with Crippen molar-refractivity contribution in [1.82, 2.24) is 5.32 Å². The third-order valence-electron chi connectivity index (χ3n) is 3.98. The van der Waals surface area contributed by atoms with Gasteiger partial charge < -0.3 is 15.8 Å². The van der Waals surface area contributed by atoms with Crippen molar-refractivity contribution in [3.05, 3.63) is 35.9 Å². The molecule has 1 aromatic rings. The first kappa shape index (κ1) is 15.0. The summed E-state index contributed by atoms with van der Waals surface area (Å²) in [6.07, 6.45) is 2.60. The molecular weight excluding hydrogens is 252 g/mol. The number of nitrogens with one attached hydrogen (secondary N) is 1. The first-order valence-electron chi connectivity index (χ1n) is 7.34. The zero-order valence-electron chi connectivity index (χ0n) is 12.0. The van der Waals surface area contributed by atoms with E-state index in [-0.39, 0.29) is 11.9 Å². The Morgan fingerprint density at radius 3 is 2.65 bits per heavy atom. The molecule has 1 aliphatic heterocycles. The van der Waals surface area contributed by atoms with Crippen molar-refractivity contribution >= 4 is 5.91 Å². The van der Waals surface area contributed by atoms with E-state index in [9.17, 15) is 4.79 Å². The maximum atomic E-state index is 12.1. The summed E-state index contributed by atoms with van der Waals surface area (Å²) in [6, 6.07) is 9.55. The van der Waals surface area contributed by atoms with Crippen LogP contribution in [0.5, 0.6) is 0 Å². The minimum absolute atomic E-state index is 0.0622. The van der Waals surface area contributed by atoms with Crippen LogP contribution in [0.25, 0.3) is 0 Å². The summed E-state index contributed by atoms with van der Waals surface area (Å²) in [5, 5.41) is 3.05. The van der Waals surface area contributed by atoms with Crippen LogP contribution in [0.2, 0.25) is 0 Å². The number of hydrogen-bond donors (Lipinski definition) is 2. The Hall–Kier alpha value is -1.39. The van der Waals surface area contributed by atoms with E-state index in [4.69, 9.17) is 10.5 Å². The quantitative estimate of drug-likeness (QED) is 0.856. The molecule has 3 N–H and O–H groups in total. The summed E-state index contributed by atoms with van der Waals surface area (Å²) in [6.45, 7) is 3.64. The Kier molecular flexibility index (Phi) is 5.56. The number of carbonyl (C=O) groups is 1. The van der Waals surface area contributed by atoms with Crippen molar-refractivity contribution in [2.24, 2.45) is 11.7 Å². The molecule has 0 aliphatic carbocycles. The second kappa shape index (κ2) is 7.41. The van der Waals surface area contributed by atoms with E-state index in [2.05, 4.69) is 12.2 Å². The van der Waals surface area contributed by atoms with Crippen molar-refractivity contribution < 1.29 is 9.53 Å². The van der Waals surface area contributed by atoms with E-state index >= 15 is 0 Å². The number of benzene rings is 1. The topological polar surface area (TPSA) is 64.4 Å². The maximum Gasteiger partial charge on any atom is 0.237 e. The highest BCUT2D eigenvalue weighted by molar-refractivity contribution is 5.82. The normalized spacial score (nSPS) is 19.3. The number of nitrogens with two attached hydrogens (primary N) is 1. The summed E-state index contributed by atoms with van der Waals surface area (Å²) in [5.74, 6) is 0.435. The number of amides is 1. The molecule has 2 unspecified atom stereocenters. The lowest BCUT2D eigenvalue weighted by Gasteiger charge is -2.29. The average Bonchev–Trinajstić information content (AvgIpc) is 2.49. The van der Waals surface area contributed by atoms with Gasteiger partial charge in [0.25, 0.3) is 0 Å². The van der Waals surface area contributed by atoms with Gasteiger partial charge in [0.1, 0.15) is 0 Å². The van der Waals surface area contributed by atoms with E-state index < -0.39 is 6.04 Å². The van der Waals surface area contributed by atoms with Crippen LogP contribution >= 0.6 is 0 Å². The molecule has 1 heterocycles. The molecule has 0 radical (unpaired) electrons. The second-order valence-electron chi connectivity index (χ2n) is 5.54. The summed E-state index contributed by atoms with van der Waals surface area (Å²) in [4.78, 5) is 12.1. The molecule has 0 bridgehead atoms. The summed E-state index contributed by atoms with van der Waals surface area (Å²) in [7, 11) is 0. The fourth-order valence-corrected chi connectivity index (χ4v) is 2.63. The van der Waals surface area contributed by atoms with Crippen LogP contribution in [0.3, 0.4) is 0 Å². The number of rotatable bonds is 5. The van der Waals surface area contributed by atoms with Crippen molar-refractivity contribution in [3.63, 3.8) is 0 Å². The summed E-state index contributed by atoms with van der Waals surface area (Å²) >= 11 is 0. The molecule has 1 aliphatic rings. The van der Waals surface area contributed by atoms with Gasteiger partial charge in [-0.1, -0.05) is 30.3 Å². The Morgan fingerprint density at radius 2 is 2.00 bits per heavy atom. The molecule has 0 aromatic heterocycles. The van der Waals surface area contributed by atoms with Gasteiger partial charge in [-0.3, -0.25) is 4.79 Å². The third kappa shape index (κ3) is 4.32. The molecule has 20 heavy (non-hydrogen) atoms. The van der Waals surface area contributed by atoms with Crippen LogP contribution in [0, 0.1) is 5.92 Å². The van der Waals surface area contributed by atoms with Gasteiger partial charge in [-0.15, -0.1) is 0 Å². The van der Waals surface area contributed by atoms with Crippen LogP contribution in [0.15, 0.2) is 30.3 Å². The van der Waals surface area contributed by atoms with E-state index in [0.717, 1.165) is 31.6 Å². The average molecular weight is 276 g/mol. The van der Waals surface area contributed by atoms with Gasteiger partial charge in [0.2, 0.25) is 5.91 Å². The molecule has 0 saturated carbocycles. The largest absolute Gasteiger partial charge is 0.381 e. The Balaban J connectivity index is 1.81. The monoisotopic (exact) mass is 276 g/mol. The number of carbonyl (C=O) groups excluding carboxylic acids is 1. The highest BCUT2D eigenvalue weighted by Crippen LogP contribution is 2.18. The Labute approximate surface area is 120 Å². The third-order valence-corrected chi connectivity index (χ3v) is 3.98. The standard InChI is InChI=1S/C16H24N2O2/c1-12(14-7-9-20-10-8-14)18-16(19)15(17)11-13-5-3-2-4-6-13/h2-6,12,14-15H,7-11,17H2,1H3,(H,18,19). The lowest BCUT2D eigenvalue weighted by Crippen LogP contribution is -2.48. The molecule has 2 rings (SSSR count). The molecular formula is C16H24N2O2. The molecule has 4 nitrogen and oxygen atoms in total. The zero-order chi connectivity index (χ0) is 14.4. The molecule has 1 amide bonds. The Bertz CT molecular complexity index is 416. The van der Waals surface area contributed by atoms with Crippen LogP contribution in [-0.2, 0) is 16.0 Å². The first-order chi connectivity index (χ1) is 9.66. The predicted molar refractivity (Wildman–Crippen MR) is 79.3 cm³/mol. The van der Waals surface area contributed by atoms with E-state index in [0.29, 0.717) is 12.3 Å². The second-order valence-corrected chi connectivity index (χ2v) is 5.54. The van der Waals surface area contributed by atoms with E-state index in [1.54, 1.807) is 0 Å². The minimum Gasteiger partial charge on any atom is -0.381 e. The maximum absolute atomic E-state index is 12.1. The highest BCUT2D eigenvalue weighted by Gasteiger charge is 2.23. The van der Waals surface area contributed by atoms with Gasteiger partial charge in [-0.05, 0) is 37.7 Å². The lowest BCUT2D eigenvalue weighted by atomic mass is 9.92. The van der Waals surface area contributed by atoms with Gasteiger partial charge in [0, 0.05) is 19.3 Å². The van der Waals surface area contributed by atoms with Crippen LogP contribution in [-0.4, -0.2) is 31.2 Å². The van der Waals surface area contributed by atoms with E-state index in [1.165, 1.54) is 0 Å². The fraction of sp³-hybridized carbons (Fsp3) is 0.562. The van der Waals surface area contributed by atoms with Gasteiger partial charge in [0.05, 0.1) is 6.04 Å². The van der Waals surface area contributed by atoms with E-state index in [1.807, 2.05) is 30.3 Å². The van der Waals surface area contributed by atoms with Crippen molar-refractivity contribution in [1.29, 1.82) is 0 Å². The summed E-state index contributed by atoms with van der Waals surface area (Å²) < 4.78 is 5.34. The molecule has 110 valence electrons. The van der Waals surface area contributed by atoms with Gasteiger partial charge in [-0.25, -0.2) is 0 Å².